The number of aromatic nitrogens is 1. The van der Waals surface area contributed by atoms with Crippen LogP contribution in [-0.2, 0) is 5.41 Å². The molecule has 0 unspecified atom stereocenters. The zero-order valence-electron chi connectivity index (χ0n) is 59.1. The molecule has 0 saturated carbocycles. The molecule has 3 nitrogen and oxygen atoms in total. The summed E-state index contributed by atoms with van der Waals surface area (Å²) in [5.74, 6) is 0. The molecule has 2 aliphatic rings. The molecular weight excluding hydrogens is 1280 g/mol. The summed E-state index contributed by atoms with van der Waals surface area (Å²) in [5.41, 5.74) is 30.8. The van der Waals surface area contributed by atoms with Crippen molar-refractivity contribution < 1.29 is 0 Å². The highest BCUT2D eigenvalue weighted by atomic mass is 15.2. The SMILES string of the molecule is CC(C)(C)c1cc2c3c(c1)N(c1c(-c4ccccc4)cc(-c4ccccc4)cc1-c1ccccc1)c1cc(-n4c5ccccc5c5ccccc54)ccc1B3c1cc(-c3ccc4cccc5c6cccc7cccc(c3c45)c76)ccc1N2c1c(-c2ccccc2)cc(-c2ccccc2)cc1-c1ccccc1. The maximum Gasteiger partial charge on any atom is 0.252 e. The monoisotopic (exact) mass is 1350 g/mol. The van der Waals surface area contributed by atoms with Gasteiger partial charge in [-0.3, -0.25) is 0 Å². The van der Waals surface area contributed by atoms with Gasteiger partial charge in [0.2, 0.25) is 0 Å². The van der Waals surface area contributed by atoms with E-state index in [9.17, 15) is 0 Å². The van der Waals surface area contributed by atoms with Crippen molar-refractivity contribution in [1.82, 2.24) is 4.57 Å². The molecule has 19 aromatic rings. The molecule has 0 radical (unpaired) electrons. The minimum Gasteiger partial charge on any atom is -0.310 e. The minimum atomic E-state index is -0.339. The van der Waals surface area contributed by atoms with Gasteiger partial charge in [0, 0.05) is 61.5 Å². The van der Waals surface area contributed by atoms with Crippen molar-refractivity contribution in [2.75, 3.05) is 9.80 Å². The molecule has 4 heteroatoms. The van der Waals surface area contributed by atoms with Gasteiger partial charge in [-0.15, -0.1) is 0 Å². The maximum absolute atomic E-state index is 2.73. The summed E-state index contributed by atoms with van der Waals surface area (Å²) in [5, 5.41) is 12.6. The molecule has 0 spiro atoms. The molecule has 1 aromatic heterocycles. The molecule has 0 atom stereocenters. The Morgan fingerprint density at radius 2 is 0.660 bits per heavy atom. The highest BCUT2D eigenvalue weighted by molar-refractivity contribution is 7.00. The standard InChI is InChI=1S/C102H70BN3/c1-102(2,3)76-62-94-99-95(63-76)106(101-86(69-37-18-8-19-38-69)59-75(66-31-12-5-13-32-66)60-87(101)70-39-20-9-21-40-70)93-64-77(104-90-49-24-22-44-79(90)80-45-23-25-50-91(80)104)53-55-88(93)103(99)89-61-73(78-54-51-72-43-27-47-82-81-46-26-41-71-42-28-48-83(96(71)81)98(78)97(72)82)52-56-92(89)105(94)100-84(67-33-14-6-15-34-67)57-74(65-29-10-4-11-30-65)58-85(100)68-35-16-7-17-36-68/h4-64H,1-3H3. The number of nitrogens with zero attached hydrogens (tertiary/aromatic N) is 3. The molecule has 0 fully saturated rings. The van der Waals surface area contributed by atoms with Crippen LogP contribution in [0.3, 0.4) is 0 Å². The van der Waals surface area contributed by atoms with Gasteiger partial charge in [-0.1, -0.05) is 324 Å². The fourth-order valence-corrected chi connectivity index (χ4v) is 18.0. The summed E-state index contributed by atoms with van der Waals surface area (Å²) in [7, 11) is 0. The second kappa shape index (κ2) is 24.2. The Labute approximate surface area is 617 Å². The van der Waals surface area contributed by atoms with E-state index in [1.807, 2.05) is 0 Å². The van der Waals surface area contributed by atoms with Crippen molar-refractivity contribution in [3.63, 3.8) is 0 Å². The van der Waals surface area contributed by atoms with Crippen LogP contribution < -0.4 is 26.2 Å². The molecule has 21 rings (SSSR count). The lowest BCUT2D eigenvalue weighted by atomic mass is 9.33. The van der Waals surface area contributed by atoms with Crippen molar-refractivity contribution in [3.8, 4) is 83.6 Å². The highest BCUT2D eigenvalue weighted by Crippen LogP contribution is 2.56. The number of benzene rings is 18. The Bertz CT molecular complexity index is 6540. The quantitative estimate of drug-likeness (QED) is 0.0768. The number of hydrogen-bond donors (Lipinski definition) is 0. The average molecular weight is 1350 g/mol. The Morgan fingerprint density at radius 1 is 0.245 bits per heavy atom. The van der Waals surface area contributed by atoms with Crippen LogP contribution in [0.4, 0.5) is 34.1 Å². The van der Waals surface area contributed by atoms with E-state index in [1.165, 1.54) is 86.9 Å². The van der Waals surface area contributed by atoms with Crippen LogP contribution in [0.25, 0.3) is 148 Å². The smallest absolute Gasteiger partial charge is 0.252 e. The Balaban J connectivity index is 0.948. The van der Waals surface area contributed by atoms with E-state index >= 15 is 0 Å². The largest absolute Gasteiger partial charge is 0.310 e. The summed E-state index contributed by atoms with van der Waals surface area (Å²) < 4.78 is 2.51. The van der Waals surface area contributed by atoms with Crippen LogP contribution in [0, 0.1) is 0 Å². The summed E-state index contributed by atoms with van der Waals surface area (Å²) in [4.78, 5) is 5.44. The van der Waals surface area contributed by atoms with Gasteiger partial charge >= 0.3 is 0 Å². The summed E-state index contributed by atoms with van der Waals surface area (Å²) >= 11 is 0. The first-order chi connectivity index (χ1) is 52.3. The van der Waals surface area contributed by atoms with E-state index in [-0.39, 0.29) is 12.1 Å². The lowest BCUT2D eigenvalue weighted by Gasteiger charge is -2.46. The first-order valence-corrected chi connectivity index (χ1v) is 37.1. The average Bonchev–Trinajstić information content (AvgIpc) is 0.785. The van der Waals surface area contributed by atoms with Crippen molar-refractivity contribution in [3.05, 3.63) is 376 Å². The van der Waals surface area contributed by atoms with Gasteiger partial charge < -0.3 is 14.4 Å². The van der Waals surface area contributed by atoms with E-state index in [0.717, 1.165) is 118 Å². The molecule has 0 N–H and O–H groups in total. The fourth-order valence-electron chi connectivity index (χ4n) is 18.0. The minimum absolute atomic E-state index is 0.284. The van der Waals surface area contributed by atoms with Crippen molar-refractivity contribution >= 4 is 122 Å². The van der Waals surface area contributed by atoms with Crippen molar-refractivity contribution in [2.45, 2.75) is 26.2 Å². The molecule has 2 aliphatic heterocycles. The predicted molar refractivity (Wildman–Crippen MR) is 453 cm³/mol. The summed E-state index contributed by atoms with van der Waals surface area (Å²) in [6.07, 6.45) is 0. The molecule has 3 heterocycles. The Kier molecular flexibility index (Phi) is 14.0. The molecule has 0 amide bonds. The lowest BCUT2D eigenvalue weighted by molar-refractivity contribution is 0.590. The number of rotatable bonds is 10. The van der Waals surface area contributed by atoms with Gasteiger partial charge in [-0.05, 0) is 193 Å². The Hall–Kier alpha value is -13.3. The van der Waals surface area contributed by atoms with Gasteiger partial charge in [0.25, 0.3) is 6.71 Å². The summed E-state index contributed by atoms with van der Waals surface area (Å²) in [6, 6.07) is 140. The van der Waals surface area contributed by atoms with Crippen molar-refractivity contribution in [2.24, 2.45) is 0 Å². The van der Waals surface area contributed by atoms with Crippen LogP contribution in [-0.4, -0.2) is 11.3 Å². The van der Waals surface area contributed by atoms with E-state index in [4.69, 9.17) is 0 Å². The van der Waals surface area contributed by atoms with Gasteiger partial charge in [0.1, 0.15) is 0 Å². The zero-order valence-corrected chi connectivity index (χ0v) is 59.1. The molecule has 18 aromatic carbocycles. The van der Waals surface area contributed by atoms with Crippen LogP contribution in [0.2, 0.25) is 0 Å². The van der Waals surface area contributed by atoms with E-state index in [0.29, 0.717) is 0 Å². The molecular formula is C102H70BN3. The third-order valence-electron chi connectivity index (χ3n) is 22.8. The Morgan fingerprint density at radius 3 is 1.14 bits per heavy atom. The third kappa shape index (κ3) is 9.61. The van der Waals surface area contributed by atoms with Crippen LogP contribution in [0.5, 0.6) is 0 Å². The highest BCUT2D eigenvalue weighted by Gasteiger charge is 2.46. The number of fused-ring (bicyclic) bond motifs is 9. The fraction of sp³-hybridized carbons (Fsp3) is 0.0392. The van der Waals surface area contributed by atoms with Gasteiger partial charge in [0.15, 0.2) is 0 Å². The zero-order chi connectivity index (χ0) is 70.3. The number of anilines is 6. The molecule has 0 aliphatic carbocycles. The first-order valence-electron chi connectivity index (χ1n) is 37.1. The molecule has 0 bridgehead atoms. The van der Waals surface area contributed by atoms with E-state index in [1.54, 1.807) is 0 Å². The third-order valence-corrected chi connectivity index (χ3v) is 22.8. The van der Waals surface area contributed by atoms with Crippen molar-refractivity contribution in [1.29, 1.82) is 0 Å². The van der Waals surface area contributed by atoms with Gasteiger partial charge in [-0.2, -0.15) is 0 Å². The predicted octanol–water partition coefficient (Wildman–Crippen LogP) is 25.9. The number of para-hydroxylation sites is 2. The second-order valence-corrected chi connectivity index (χ2v) is 29.8. The second-order valence-electron chi connectivity index (χ2n) is 29.8. The molecule has 106 heavy (non-hydrogen) atoms. The van der Waals surface area contributed by atoms with Crippen LogP contribution in [0.1, 0.15) is 26.3 Å². The maximum atomic E-state index is 2.73. The van der Waals surface area contributed by atoms with Crippen LogP contribution in [0.15, 0.2) is 370 Å². The van der Waals surface area contributed by atoms with Crippen LogP contribution >= 0.6 is 0 Å². The van der Waals surface area contributed by atoms with E-state index < -0.39 is 0 Å². The normalized spacial score (nSPS) is 12.6. The lowest BCUT2D eigenvalue weighted by Crippen LogP contribution is -2.61. The topological polar surface area (TPSA) is 11.4 Å². The van der Waals surface area contributed by atoms with Gasteiger partial charge in [-0.25, -0.2) is 0 Å². The molecule has 0 saturated heterocycles. The van der Waals surface area contributed by atoms with Gasteiger partial charge in [0.05, 0.1) is 22.4 Å². The summed E-state index contributed by atoms with van der Waals surface area (Å²) in [6.45, 7) is 6.90. The van der Waals surface area contributed by atoms with E-state index in [2.05, 4.69) is 405 Å². The number of hydrogen-bond acceptors (Lipinski definition) is 2. The molecule has 496 valence electrons. The first kappa shape index (κ1) is 61.4.